The van der Waals surface area contributed by atoms with Gasteiger partial charge in [0.25, 0.3) is 0 Å². The molecule has 0 amide bonds. The third-order valence-electron chi connectivity index (χ3n) is 6.08. The zero-order valence-electron chi connectivity index (χ0n) is 19.4. The van der Waals surface area contributed by atoms with Crippen LogP contribution in [-0.2, 0) is 19.7 Å². The van der Waals surface area contributed by atoms with Crippen molar-refractivity contribution in [1.82, 2.24) is 0 Å². The Labute approximate surface area is 210 Å². The van der Waals surface area contributed by atoms with Gasteiger partial charge in [0.2, 0.25) is 25.3 Å². The molecule has 0 saturated carbocycles. The van der Waals surface area contributed by atoms with Crippen molar-refractivity contribution in [2.24, 2.45) is 0 Å². The fraction of sp³-hybridized carbons (Fsp3) is 0.143. The Morgan fingerprint density at radius 3 is 1.64 bits per heavy atom. The van der Waals surface area contributed by atoms with Crippen LogP contribution in [0.1, 0.15) is 18.9 Å². The lowest BCUT2D eigenvalue weighted by molar-refractivity contribution is 0.124. The second-order valence-electron chi connectivity index (χ2n) is 8.34. The highest BCUT2D eigenvalue weighted by molar-refractivity contribution is 8.10. The van der Waals surface area contributed by atoms with E-state index < -0.39 is 45.9 Å². The molecule has 4 nitrogen and oxygen atoms in total. The van der Waals surface area contributed by atoms with Gasteiger partial charge in [-0.3, -0.25) is 0 Å². The highest BCUT2D eigenvalue weighted by Crippen LogP contribution is 2.56. The Bertz CT molecular complexity index is 1480. The zero-order valence-corrected chi connectivity index (χ0v) is 21.0. The molecule has 186 valence electrons. The summed E-state index contributed by atoms with van der Waals surface area (Å²) in [5.41, 5.74) is -3.46. The summed E-state index contributed by atoms with van der Waals surface area (Å²) in [5.74, 6) is 0. The SMILES string of the molecule is CC=CC1=CC=C(c2ccccc2)C(F)(C(F)(S(=O)(=O)c2ccccc2)S(=O)(=O)c2ccccc2)C1. The molecule has 0 N–H and O–H groups in total. The van der Waals surface area contributed by atoms with Gasteiger partial charge in [-0.25, -0.2) is 25.6 Å². The maximum absolute atomic E-state index is 17.7. The number of hydrogen-bond donors (Lipinski definition) is 0. The Kier molecular flexibility index (Phi) is 6.86. The molecule has 3 aromatic carbocycles. The Balaban J connectivity index is 2.12. The summed E-state index contributed by atoms with van der Waals surface area (Å²) in [6.45, 7) is 1.67. The van der Waals surface area contributed by atoms with Crippen LogP contribution in [0.4, 0.5) is 8.78 Å². The summed E-state index contributed by atoms with van der Waals surface area (Å²) >= 11 is 0. The molecule has 0 fully saturated rings. The first kappa shape index (κ1) is 25.7. The molecule has 1 aliphatic carbocycles. The lowest BCUT2D eigenvalue weighted by atomic mass is 9.81. The van der Waals surface area contributed by atoms with E-state index in [-0.39, 0.29) is 16.7 Å². The van der Waals surface area contributed by atoms with E-state index in [1.165, 1.54) is 66.8 Å². The van der Waals surface area contributed by atoms with Crippen LogP contribution in [0.2, 0.25) is 0 Å². The molecule has 4 rings (SSSR count). The van der Waals surface area contributed by atoms with Gasteiger partial charge in [-0.15, -0.1) is 0 Å². The minimum absolute atomic E-state index is 0.171. The molecule has 1 atom stereocenters. The average Bonchev–Trinajstić information content (AvgIpc) is 2.89. The van der Waals surface area contributed by atoms with Crippen molar-refractivity contribution >= 4 is 25.2 Å². The van der Waals surface area contributed by atoms with Crippen LogP contribution < -0.4 is 0 Å². The van der Waals surface area contributed by atoms with Gasteiger partial charge in [0.1, 0.15) is 0 Å². The van der Waals surface area contributed by atoms with Gasteiger partial charge in [0.05, 0.1) is 9.79 Å². The van der Waals surface area contributed by atoms with Crippen molar-refractivity contribution in [2.45, 2.75) is 33.1 Å². The van der Waals surface area contributed by atoms with Gasteiger partial charge in [-0.05, 0) is 42.3 Å². The fourth-order valence-electron chi connectivity index (χ4n) is 4.37. The molecule has 1 aliphatic rings. The first-order chi connectivity index (χ1) is 17.1. The average molecular weight is 527 g/mol. The van der Waals surface area contributed by atoms with Crippen molar-refractivity contribution in [1.29, 1.82) is 0 Å². The third kappa shape index (κ3) is 3.94. The minimum atomic E-state index is -5.47. The quantitative estimate of drug-likeness (QED) is 0.365. The van der Waals surface area contributed by atoms with Crippen molar-refractivity contribution in [3.05, 3.63) is 126 Å². The molecular formula is C28H24F2O4S2. The molecule has 0 radical (unpaired) electrons. The van der Waals surface area contributed by atoms with E-state index >= 15 is 8.78 Å². The maximum Gasteiger partial charge on any atom is 0.355 e. The first-order valence-corrected chi connectivity index (χ1v) is 14.1. The second-order valence-corrected chi connectivity index (χ2v) is 12.7. The number of sulfone groups is 2. The first-order valence-electron chi connectivity index (χ1n) is 11.2. The summed E-state index contributed by atoms with van der Waals surface area (Å²) in [7, 11) is -10.9. The lowest BCUT2D eigenvalue weighted by Gasteiger charge is -2.41. The molecule has 0 aliphatic heterocycles. The van der Waals surface area contributed by atoms with Crippen molar-refractivity contribution in [3.8, 4) is 0 Å². The van der Waals surface area contributed by atoms with E-state index in [1.807, 2.05) is 0 Å². The molecule has 3 aromatic rings. The summed E-state index contributed by atoms with van der Waals surface area (Å²) in [5, 5.41) is 0. The van der Waals surface area contributed by atoms with E-state index in [0.29, 0.717) is 0 Å². The van der Waals surface area contributed by atoms with Gasteiger partial charge < -0.3 is 0 Å². The highest BCUT2D eigenvalue weighted by atomic mass is 32.3. The van der Waals surface area contributed by atoms with Gasteiger partial charge >= 0.3 is 4.33 Å². The number of alkyl halides is 2. The molecule has 36 heavy (non-hydrogen) atoms. The van der Waals surface area contributed by atoms with E-state index in [1.54, 1.807) is 31.2 Å². The molecule has 1 unspecified atom stereocenters. The normalized spacial score (nSPS) is 19.1. The van der Waals surface area contributed by atoms with Crippen LogP contribution in [0.25, 0.3) is 5.57 Å². The van der Waals surface area contributed by atoms with Crippen LogP contribution in [0.3, 0.4) is 0 Å². The second kappa shape index (κ2) is 9.59. The Hall–Kier alpha value is -3.36. The number of hydrogen-bond acceptors (Lipinski definition) is 4. The standard InChI is InChI=1S/C28H24F2O4S2/c1-2-12-22-19-20-26(23-13-6-3-7-14-23)27(29,21-22)28(30,35(31,32)24-15-8-4-9-16-24)36(33,34)25-17-10-5-11-18-25/h2-20H,21H2,1H3. The van der Waals surface area contributed by atoms with E-state index in [0.717, 1.165) is 24.3 Å². The molecule has 0 saturated heterocycles. The highest BCUT2D eigenvalue weighted by Gasteiger charge is 2.73. The molecule has 0 spiro atoms. The Morgan fingerprint density at radius 1 is 0.750 bits per heavy atom. The van der Waals surface area contributed by atoms with Crippen LogP contribution in [0, 0.1) is 0 Å². The number of rotatable bonds is 7. The van der Waals surface area contributed by atoms with Gasteiger partial charge in [0.15, 0.2) is 0 Å². The van der Waals surface area contributed by atoms with Gasteiger partial charge in [0, 0.05) is 12.0 Å². The summed E-state index contributed by atoms with van der Waals surface area (Å²) in [4.78, 5) is -1.28. The van der Waals surface area contributed by atoms with Crippen LogP contribution in [0.5, 0.6) is 0 Å². The predicted molar refractivity (Wildman–Crippen MR) is 137 cm³/mol. The molecule has 0 aromatic heterocycles. The van der Waals surface area contributed by atoms with E-state index in [2.05, 4.69) is 0 Å². The molecular weight excluding hydrogens is 502 g/mol. The number of allylic oxidation sites excluding steroid dienone is 6. The topological polar surface area (TPSA) is 68.3 Å². The molecule has 8 heteroatoms. The van der Waals surface area contributed by atoms with Crippen molar-refractivity contribution < 1.29 is 25.6 Å². The summed E-state index contributed by atoms with van der Waals surface area (Å²) in [6, 6.07) is 20.3. The lowest BCUT2D eigenvalue weighted by Crippen LogP contribution is -2.59. The minimum Gasteiger partial charge on any atom is -0.232 e. The van der Waals surface area contributed by atoms with E-state index in [9.17, 15) is 16.8 Å². The summed E-state index contributed by atoms with van der Waals surface area (Å²) in [6.07, 6.45) is 5.06. The zero-order chi connectivity index (χ0) is 26.0. The van der Waals surface area contributed by atoms with Gasteiger partial charge in [-0.2, -0.15) is 0 Å². The van der Waals surface area contributed by atoms with Crippen LogP contribution in [-0.4, -0.2) is 26.8 Å². The van der Waals surface area contributed by atoms with Crippen molar-refractivity contribution in [2.75, 3.05) is 0 Å². The maximum atomic E-state index is 17.7. The monoisotopic (exact) mass is 526 g/mol. The largest absolute Gasteiger partial charge is 0.355 e. The van der Waals surface area contributed by atoms with Crippen LogP contribution in [0.15, 0.2) is 131 Å². The van der Waals surface area contributed by atoms with Crippen LogP contribution >= 0.6 is 0 Å². The third-order valence-corrected chi connectivity index (χ3v) is 11.2. The number of benzene rings is 3. The molecule has 0 bridgehead atoms. The van der Waals surface area contributed by atoms with E-state index in [4.69, 9.17) is 0 Å². The Morgan fingerprint density at radius 2 is 1.19 bits per heavy atom. The van der Waals surface area contributed by atoms with Crippen molar-refractivity contribution in [3.63, 3.8) is 0 Å². The number of halogens is 2. The summed E-state index contributed by atoms with van der Waals surface area (Å²) < 4.78 is 86.8. The smallest absolute Gasteiger partial charge is 0.232 e. The fourth-order valence-corrected chi connectivity index (χ4v) is 8.95. The molecule has 0 heterocycles. The predicted octanol–water partition coefficient (Wildman–Crippen LogP) is 6.26. The van der Waals surface area contributed by atoms with Gasteiger partial charge in [-0.1, -0.05) is 91.0 Å².